The molecule has 1 amide bonds. The van der Waals surface area contributed by atoms with Crippen LogP contribution in [-0.4, -0.2) is 26.5 Å². The summed E-state index contributed by atoms with van der Waals surface area (Å²) in [4.78, 5) is 18.9. The molecule has 1 saturated heterocycles. The van der Waals surface area contributed by atoms with Crippen LogP contribution in [0, 0.1) is 6.92 Å². The van der Waals surface area contributed by atoms with Crippen LogP contribution in [0.5, 0.6) is 11.5 Å². The molecule has 0 spiro atoms. The number of para-hydroxylation sites is 1. The number of thiazole rings is 1. The maximum Gasteiger partial charge on any atom is 0.248 e. The van der Waals surface area contributed by atoms with Crippen LogP contribution in [-0.2, 0) is 4.79 Å². The van der Waals surface area contributed by atoms with Gasteiger partial charge in [-0.1, -0.05) is 41.7 Å². The van der Waals surface area contributed by atoms with Gasteiger partial charge in [0.1, 0.15) is 22.6 Å². The number of carbonyl (C=O) groups is 1. The van der Waals surface area contributed by atoms with Gasteiger partial charge in [0, 0.05) is 11.6 Å². The van der Waals surface area contributed by atoms with E-state index in [0.29, 0.717) is 33.4 Å². The van der Waals surface area contributed by atoms with E-state index < -0.39 is 17.3 Å². The quantitative estimate of drug-likeness (QED) is 0.121. The van der Waals surface area contributed by atoms with Gasteiger partial charge in [0.05, 0.1) is 33.3 Å². The minimum Gasteiger partial charge on any atom is -0.508 e. The predicted octanol–water partition coefficient (Wildman–Crippen LogP) is 8.54. The smallest absolute Gasteiger partial charge is 0.248 e. The number of benzene rings is 4. The fourth-order valence-electron chi connectivity index (χ4n) is 4.44. The summed E-state index contributed by atoms with van der Waals surface area (Å²) in [5, 5.41) is 37.8. The maximum atomic E-state index is 13.0. The standard InChI is InChI=1S/C29H21ClN6O3S/c1-16-6-2-3-7-20(16)33-34-21-12-11-18(37)15-23(21)36-27(26(30)28(36)39)19-14-17(10-13-24(19)38)32-35-29-31-22-8-4-5-9-25(22)40-29/h2-15,26-27,37-38H,1H3. The molecule has 11 heteroatoms. The highest BCUT2D eigenvalue weighted by Crippen LogP contribution is 2.49. The average Bonchev–Trinajstić information content (AvgIpc) is 3.38. The van der Waals surface area contributed by atoms with Crippen molar-refractivity contribution in [2.75, 3.05) is 4.90 Å². The predicted molar refractivity (Wildman–Crippen MR) is 155 cm³/mol. The Morgan fingerprint density at radius 1 is 0.875 bits per heavy atom. The van der Waals surface area contributed by atoms with Crippen molar-refractivity contribution in [3.8, 4) is 11.5 Å². The fourth-order valence-corrected chi connectivity index (χ4v) is 5.58. The first kappa shape index (κ1) is 25.6. The Balaban J connectivity index is 1.34. The van der Waals surface area contributed by atoms with Gasteiger partial charge in [0.2, 0.25) is 11.0 Å². The normalized spacial score (nSPS) is 17.2. The molecule has 0 bridgehead atoms. The number of azo groups is 2. The molecule has 4 aromatic carbocycles. The van der Waals surface area contributed by atoms with Gasteiger partial charge in [-0.05, 0) is 61.0 Å². The summed E-state index contributed by atoms with van der Waals surface area (Å²) in [5.74, 6) is -0.516. The molecule has 0 saturated carbocycles. The van der Waals surface area contributed by atoms with Crippen molar-refractivity contribution in [2.24, 2.45) is 20.5 Å². The van der Waals surface area contributed by atoms with Crippen LogP contribution < -0.4 is 4.90 Å². The van der Waals surface area contributed by atoms with Crippen LogP contribution in [0.15, 0.2) is 105 Å². The van der Waals surface area contributed by atoms with Gasteiger partial charge in [0.15, 0.2) is 0 Å². The maximum absolute atomic E-state index is 13.0. The molecule has 2 unspecified atom stereocenters. The molecular weight excluding hydrogens is 548 g/mol. The number of aromatic hydroxyl groups is 2. The number of anilines is 1. The second-order valence-electron chi connectivity index (χ2n) is 9.12. The van der Waals surface area contributed by atoms with Crippen molar-refractivity contribution in [3.05, 3.63) is 96.1 Å². The Hall–Kier alpha value is -4.67. The van der Waals surface area contributed by atoms with Crippen molar-refractivity contribution in [2.45, 2.75) is 18.3 Å². The number of rotatable bonds is 6. The molecule has 5 aromatic rings. The molecule has 198 valence electrons. The highest BCUT2D eigenvalue weighted by molar-refractivity contribution is 7.21. The minimum absolute atomic E-state index is 0.0583. The number of β-lactam (4-membered cyclic amide) rings is 1. The molecular formula is C29H21ClN6O3S. The second kappa shape index (κ2) is 10.5. The van der Waals surface area contributed by atoms with Gasteiger partial charge < -0.3 is 10.2 Å². The molecule has 40 heavy (non-hydrogen) atoms. The lowest BCUT2D eigenvalue weighted by atomic mass is 9.91. The number of amides is 1. The van der Waals surface area contributed by atoms with Crippen LogP contribution in [0.2, 0.25) is 0 Å². The van der Waals surface area contributed by atoms with E-state index in [0.717, 1.165) is 15.8 Å². The molecule has 2 N–H and O–H groups in total. The van der Waals surface area contributed by atoms with Crippen LogP contribution in [0.25, 0.3) is 10.2 Å². The number of hydrogen-bond donors (Lipinski definition) is 2. The van der Waals surface area contributed by atoms with E-state index in [1.807, 2.05) is 55.5 Å². The molecule has 9 nitrogen and oxygen atoms in total. The van der Waals surface area contributed by atoms with Crippen molar-refractivity contribution >= 4 is 66.9 Å². The van der Waals surface area contributed by atoms with E-state index >= 15 is 0 Å². The zero-order valence-electron chi connectivity index (χ0n) is 21.0. The third kappa shape index (κ3) is 4.78. The fraction of sp³-hybridized carbons (Fsp3) is 0.103. The second-order valence-corrected chi connectivity index (χ2v) is 10.6. The Bertz CT molecular complexity index is 1790. The number of fused-ring (bicyclic) bond motifs is 1. The van der Waals surface area contributed by atoms with Crippen LogP contribution in [0.4, 0.5) is 27.9 Å². The first-order valence-corrected chi connectivity index (χ1v) is 13.5. The van der Waals surface area contributed by atoms with Gasteiger partial charge in [-0.2, -0.15) is 5.11 Å². The Labute approximate surface area is 237 Å². The highest BCUT2D eigenvalue weighted by Gasteiger charge is 2.50. The molecule has 0 aliphatic carbocycles. The molecule has 1 aliphatic heterocycles. The van der Waals surface area contributed by atoms with Gasteiger partial charge >= 0.3 is 0 Å². The molecule has 1 aromatic heterocycles. The summed E-state index contributed by atoms with van der Waals surface area (Å²) in [7, 11) is 0. The average molecular weight is 569 g/mol. The lowest BCUT2D eigenvalue weighted by molar-refractivity contribution is -0.123. The first-order chi connectivity index (χ1) is 19.4. The molecule has 0 radical (unpaired) electrons. The van der Waals surface area contributed by atoms with Crippen LogP contribution in [0.1, 0.15) is 17.2 Å². The van der Waals surface area contributed by atoms with Gasteiger partial charge in [-0.25, -0.2) is 4.98 Å². The van der Waals surface area contributed by atoms with Gasteiger partial charge in [-0.15, -0.1) is 26.9 Å². The first-order valence-electron chi connectivity index (χ1n) is 12.3. The summed E-state index contributed by atoms with van der Waals surface area (Å²) in [5.41, 5.74) is 3.94. The van der Waals surface area contributed by atoms with Gasteiger partial charge in [0.25, 0.3) is 0 Å². The van der Waals surface area contributed by atoms with E-state index in [9.17, 15) is 15.0 Å². The topological polar surface area (TPSA) is 123 Å². The summed E-state index contributed by atoms with van der Waals surface area (Å²) in [6.07, 6.45) is 0. The zero-order chi connectivity index (χ0) is 27.8. The minimum atomic E-state index is -0.953. The monoisotopic (exact) mass is 568 g/mol. The number of carbonyl (C=O) groups excluding carboxylic acids is 1. The van der Waals surface area contributed by atoms with Crippen LogP contribution >= 0.6 is 22.9 Å². The summed E-state index contributed by atoms with van der Waals surface area (Å²) >= 11 is 7.90. The zero-order valence-corrected chi connectivity index (χ0v) is 22.6. The lowest BCUT2D eigenvalue weighted by Gasteiger charge is -2.44. The van der Waals surface area contributed by atoms with E-state index in [1.165, 1.54) is 34.4 Å². The van der Waals surface area contributed by atoms with E-state index in [-0.39, 0.29) is 11.5 Å². The van der Waals surface area contributed by atoms with Crippen molar-refractivity contribution in [1.29, 1.82) is 0 Å². The summed E-state index contributed by atoms with van der Waals surface area (Å²) in [6, 6.07) is 23.7. The number of nitrogens with zero attached hydrogens (tertiary/aromatic N) is 6. The Morgan fingerprint density at radius 2 is 1.65 bits per heavy atom. The van der Waals surface area contributed by atoms with E-state index in [1.54, 1.807) is 18.2 Å². The number of phenols is 2. The summed E-state index contributed by atoms with van der Waals surface area (Å²) < 4.78 is 0.998. The number of aromatic nitrogens is 1. The number of halogens is 1. The summed E-state index contributed by atoms with van der Waals surface area (Å²) in [6.45, 7) is 1.92. The van der Waals surface area contributed by atoms with Crippen molar-refractivity contribution < 1.29 is 15.0 Å². The third-order valence-electron chi connectivity index (χ3n) is 6.49. The highest BCUT2D eigenvalue weighted by atomic mass is 35.5. The number of alkyl halides is 1. The van der Waals surface area contributed by atoms with Crippen molar-refractivity contribution in [1.82, 2.24) is 4.98 Å². The molecule has 6 rings (SSSR count). The SMILES string of the molecule is Cc1ccccc1N=Nc1ccc(O)cc1N1C(=O)C(Cl)C1c1cc(N=Nc2nc3ccccc3s2)ccc1O. The van der Waals surface area contributed by atoms with E-state index in [4.69, 9.17) is 11.6 Å². The lowest BCUT2D eigenvalue weighted by Crippen LogP contribution is -2.56. The Kier molecular flexibility index (Phi) is 6.71. The molecule has 1 aliphatic rings. The number of hydrogen-bond acceptors (Lipinski definition) is 9. The Morgan fingerprint density at radius 3 is 2.48 bits per heavy atom. The third-order valence-corrected chi connectivity index (χ3v) is 7.84. The molecule has 2 atom stereocenters. The van der Waals surface area contributed by atoms with Gasteiger partial charge in [-0.3, -0.25) is 9.69 Å². The number of aryl methyl sites for hydroxylation is 1. The van der Waals surface area contributed by atoms with Crippen LogP contribution in [0.3, 0.4) is 0 Å². The molecule has 2 heterocycles. The number of phenolic OH excluding ortho intramolecular Hbond substituents is 2. The van der Waals surface area contributed by atoms with Crippen molar-refractivity contribution in [3.63, 3.8) is 0 Å². The molecule has 1 fully saturated rings. The largest absolute Gasteiger partial charge is 0.508 e. The van der Waals surface area contributed by atoms with E-state index in [2.05, 4.69) is 25.4 Å².